The minimum Gasteiger partial charge on any atom is -0.493 e. The van der Waals surface area contributed by atoms with E-state index in [1.807, 2.05) is 18.5 Å². The van der Waals surface area contributed by atoms with Crippen molar-refractivity contribution >= 4 is 27.2 Å². The minimum atomic E-state index is -2.98. The molecule has 1 N–H and O–H groups in total. The molecule has 2 aliphatic heterocycles. The number of carbonyl (C=O) groups excluding carboxylic acids is 1. The number of anilines is 2. The first kappa shape index (κ1) is 23.2. The van der Waals surface area contributed by atoms with Crippen molar-refractivity contribution in [3.8, 4) is 11.5 Å². The average molecular weight is 478 g/mol. The van der Waals surface area contributed by atoms with Crippen LogP contribution in [0.15, 0.2) is 18.2 Å². The van der Waals surface area contributed by atoms with Crippen LogP contribution in [-0.4, -0.2) is 81.0 Å². The number of hydrogen-bond donors (Lipinski definition) is 1. The van der Waals surface area contributed by atoms with Gasteiger partial charge in [0.1, 0.15) is 0 Å². The molecule has 2 aliphatic rings. The highest BCUT2D eigenvalue weighted by molar-refractivity contribution is 7.91. The smallest absolute Gasteiger partial charge is 0.321 e. The fraction of sp³-hybridized carbons (Fsp3) is 0.545. The highest BCUT2D eigenvalue weighted by Gasteiger charge is 2.33. The van der Waals surface area contributed by atoms with E-state index < -0.39 is 9.84 Å². The molecule has 10 nitrogen and oxygen atoms in total. The van der Waals surface area contributed by atoms with Crippen LogP contribution in [0.2, 0.25) is 0 Å². The van der Waals surface area contributed by atoms with Gasteiger partial charge in [-0.05, 0) is 32.4 Å². The molecular weight excluding hydrogens is 446 g/mol. The highest BCUT2D eigenvalue weighted by atomic mass is 32.2. The van der Waals surface area contributed by atoms with Crippen LogP contribution >= 0.6 is 0 Å². The van der Waals surface area contributed by atoms with Gasteiger partial charge in [0, 0.05) is 37.9 Å². The molecule has 3 heterocycles. The predicted octanol–water partition coefficient (Wildman–Crippen LogP) is 2.23. The number of carbonyl (C=O) groups is 1. The van der Waals surface area contributed by atoms with Gasteiger partial charge in [-0.1, -0.05) is 0 Å². The normalized spacial score (nSPS) is 20.1. The van der Waals surface area contributed by atoms with Crippen LogP contribution < -0.4 is 19.7 Å². The summed E-state index contributed by atoms with van der Waals surface area (Å²) in [6, 6.07) is 5.00. The number of aromatic nitrogens is 2. The Labute approximate surface area is 194 Å². The zero-order valence-corrected chi connectivity index (χ0v) is 20.3. The number of hydrogen-bond acceptors (Lipinski definition) is 7. The van der Waals surface area contributed by atoms with Crippen molar-refractivity contribution in [2.45, 2.75) is 26.3 Å². The van der Waals surface area contributed by atoms with Crippen LogP contribution in [0, 0.1) is 13.8 Å². The van der Waals surface area contributed by atoms with Crippen molar-refractivity contribution in [1.29, 1.82) is 0 Å². The van der Waals surface area contributed by atoms with Gasteiger partial charge in [-0.2, -0.15) is 5.10 Å². The van der Waals surface area contributed by atoms with E-state index in [-0.39, 0.29) is 23.6 Å². The highest BCUT2D eigenvalue weighted by Crippen LogP contribution is 2.32. The second-order valence-corrected chi connectivity index (χ2v) is 10.7. The van der Waals surface area contributed by atoms with Gasteiger partial charge in [-0.25, -0.2) is 13.2 Å². The first-order chi connectivity index (χ1) is 15.7. The number of piperazine rings is 1. The first-order valence-electron chi connectivity index (χ1n) is 11.0. The number of urea groups is 1. The fourth-order valence-electron chi connectivity index (χ4n) is 4.69. The molecule has 1 atom stereocenters. The zero-order chi connectivity index (χ0) is 23.8. The van der Waals surface area contributed by atoms with Gasteiger partial charge in [0.2, 0.25) is 0 Å². The molecule has 2 aromatic rings. The third-order valence-corrected chi connectivity index (χ3v) is 8.11. The summed E-state index contributed by atoms with van der Waals surface area (Å²) in [5.74, 6) is 1.53. The number of nitrogens with one attached hydrogen (secondary N) is 1. The summed E-state index contributed by atoms with van der Waals surface area (Å²) < 4.78 is 36.2. The SMILES string of the molecule is COc1ccc(NC(=O)N2CCN(c3c(C)nn(C4CCS(=O)(=O)C4)c3C)CC2)cc1OC. The van der Waals surface area contributed by atoms with E-state index in [4.69, 9.17) is 9.47 Å². The van der Waals surface area contributed by atoms with E-state index in [0.29, 0.717) is 49.8 Å². The second kappa shape index (κ2) is 9.12. The summed E-state index contributed by atoms with van der Waals surface area (Å²) in [5, 5.41) is 7.59. The minimum absolute atomic E-state index is 0.101. The van der Waals surface area contributed by atoms with Gasteiger partial charge in [-0.3, -0.25) is 4.68 Å². The van der Waals surface area contributed by atoms with E-state index >= 15 is 0 Å². The maximum absolute atomic E-state index is 12.8. The number of benzene rings is 1. The topological polar surface area (TPSA) is 106 Å². The number of aryl methyl sites for hydroxylation is 1. The second-order valence-electron chi connectivity index (χ2n) is 8.49. The van der Waals surface area contributed by atoms with Crippen molar-refractivity contribution in [1.82, 2.24) is 14.7 Å². The third-order valence-electron chi connectivity index (χ3n) is 6.36. The lowest BCUT2D eigenvalue weighted by Crippen LogP contribution is -2.50. The van der Waals surface area contributed by atoms with Crippen LogP contribution in [-0.2, 0) is 9.84 Å². The van der Waals surface area contributed by atoms with Crippen LogP contribution in [0.1, 0.15) is 23.9 Å². The summed E-state index contributed by atoms with van der Waals surface area (Å²) >= 11 is 0. The Balaban J connectivity index is 1.40. The fourth-order valence-corrected chi connectivity index (χ4v) is 6.38. The Hall–Kier alpha value is -2.95. The lowest BCUT2D eigenvalue weighted by Gasteiger charge is -2.36. The maximum atomic E-state index is 12.8. The molecule has 0 saturated carbocycles. The summed E-state index contributed by atoms with van der Waals surface area (Å²) in [6.45, 7) is 6.45. The van der Waals surface area contributed by atoms with Crippen LogP contribution in [0.5, 0.6) is 11.5 Å². The Bertz CT molecular complexity index is 1140. The predicted molar refractivity (Wildman–Crippen MR) is 126 cm³/mol. The molecule has 1 aromatic heterocycles. The Morgan fingerprint density at radius 2 is 1.79 bits per heavy atom. The van der Waals surface area contributed by atoms with E-state index in [2.05, 4.69) is 15.3 Å². The number of rotatable bonds is 5. The lowest BCUT2D eigenvalue weighted by atomic mass is 10.2. The van der Waals surface area contributed by atoms with Crippen LogP contribution in [0.25, 0.3) is 0 Å². The van der Waals surface area contributed by atoms with Crippen LogP contribution in [0.3, 0.4) is 0 Å². The molecule has 2 amide bonds. The summed E-state index contributed by atoms with van der Waals surface area (Å²) in [5.41, 5.74) is 3.55. The Kier molecular flexibility index (Phi) is 6.42. The number of ether oxygens (including phenoxy) is 2. The van der Waals surface area contributed by atoms with Gasteiger partial charge in [0.05, 0.1) is 48.8 Å². The van der Waals surface area contributed by atoms with Gasteiger partial charge in [0.15, 0.2) is 21.3 Å². The maximum Gasteiger partial charge on any atom is 0.321 e. The number of methoxy groups -OCH3 is 2. The molecular formula is C22H31N5O5S. The van der Waals surface area contributed by atoms with E-state index in [1.165, 1.54) is 0 Å². The first-order valence-corrected chi connectivity index (χ1v) is 12.8. The molecule has 33 heavy (non-hydrogen) atoms. The van der Waals surface area contributed by atoms with Crippen LogP contribution in [0.4, 0.5) is 16.2 Å². The van der Waals surface area contributed by atoms with E-state index in [1.54, 1.807) is 37.3 Å². The quantitative estimate of drug-likeness (QED) is 0.704. The molecule has 180 valence electrons. The van der Waals surface area contributed by atoms with Gasteiger partial charge in [0.25, 0.3) is 0 Å². The average Bonchev–Trinajstić information content (AvgIpc) is 3.31. The molecule has 1 aromatic carbocycles. The molecule has 0 aliphatic carbocycles. The number of sulfone groups is 1. The molecule has 0 spiro atoms. The van der Waals surface area contributed by atoms with E-state index in [9.17, 15) is 13.2 Å². The van der Waals surface area contributed by atoms with Crippen molar-refractivity contribution in [3.05, 3.63) is 29.6 Å². The molecule has 11 heteroatoms. The van der Waals surface area contributed by atoms with Crippen molar-refractivity contribution < 1.29 is 22.7 Å². The molecule has 2 fully saturated rings. The molecule has 2 saturated heterocycles. The zero-order valence-electron chi connectivity index (χ0n) is 19.5. The molecule has 0 radical (unpaired) electrons. The number of nitrogens with zero attached hydrogens (tertiary/aromatic N) is 4. The van der Waals surface area contributed by atoms with Crippen molar-refractivity contribution in [3.63, 3.8) is 0 Å². The third kappa shape index (κ3) is 4.73. The lowest BCUT2D eigenvalue weighted by molar-refractivity contribution is 0.208. The summed E-state index contributed by atoms with van der Waals surface area (Å²) in [4.78, 5) is 16.8. The Morgan fingerprint density at radius 1 is 1.09 bits per heavy atom. The summed E-state index contributed by atoms with van der Waals surface area (Å²) in [6.07, 6.45) is 0.605. The van der Waals surface area contributed by atoms with Crippen molar-refractivity contribution in [2.24, 2.45) is 0 Å². The Morgan fingerprint density at radius 3 is 2.39 bits per heavy atom. The van der Waals surface area contributed by atoms with E-state index in [0.717, 1.165) is 17.1 Å². The summed E-state index contributed by atoms with van der Waals surface area (Å²) in [7, 11) is 0.143. The largest absolute Gasteiger partial charge is 0.493 e. The monoisotopic (exact) mass is 477 g/mol. The molecule has 0 bridgehead atoms. The molecule has 4 rings (SSSR count). The molecule has 1 unspecified atom stereocenters. The van der Waals surface area contributed by atoms with Gasteiger partial charge >= 0.3 is 6.03 Å². The van der Waals surface area contributed by atoms with Crippen molar-refractivity contribution in [2.75, 3.05) is 62.1 Å². The van der Waals surface area contributed by atoms with Gasteiger partial charge in [-0.15, -0.1) is 0 Å². The standard InChI is InChI=1S/C22H31N5O5S/c1-15-21(16(2)27(24-15)18-7-12-33(29,30)14-18)25-8-10-26(11-9-25)22(28)23-17-5-6-19(31-3)20(13-17)32-4/h5-6,13,18H,7-12,14H2,1-4H3,(H,23,28). The number of amides is 2. The van der Waals surface area contributed by atoms with Gasteiger partial charge < -0.3 is 24.6 Å².